The molecular weight excluding hydrogens is 278 g/mol. The van der Waals surface area contributed by atoms with Crippen LogP contribution in [-0.2, 0) is 9.59 Å². The van der Waals surface area contributed by atoms with Crippen LogP contribution in [0.3, 0.4) is 0 Å². The Hall–Kier alpha value is -2.30. The Morgan fingerprint density at radius 2 is 1.32 bits per heavy atom. The monoisotopic (exact) mass is 294 g/mol. The van der Waals surface area contributed by atoms with Gasteiger partial charge in [0.2, 0.25) is 0 Å². The Bertz CT molecular complexity index is 735. The van der Waals surface area contributed by atoms with Gasteiger partial charge >= 0.3 is 11.8 Å². The molecule has 1 aliphatic carbocycles. The first-order valence-electron chi connectivity index (χ1n) is 7.47. The number of quaternary nitrogens is 1. The molecule has 1 fully saturated rings. The number of hydrogen-bond acceptors (Lipinski definition) is 3. The van der Waals surface area contributed by atoms with Crippen LogP contribution in [0.2, 0.25) is 0 Å². The quantitative estimate of drug-likeness (QED) is 0.526. The average Bonchev–Trinajstić information content (AvgIpc) is 2.99. The molecule has 0 atom stereocenters. The molecule has 2 amide bonds. The molecular formula is C18H16NO3+. The molecule has 4 rings (SSSR count). The first kappa shape index (κ1) is 13.4. The molecule has 22 heavy (non-hydrogen) atoms. The number of amides is 2. The van der Waals surface area contributed by atoms with Crippen molar-refractivity contribution in [1.29, 1.82) is 0 Å². The third-order valence-corrected chi connectivity index (χ3v) is 4.79. The van der Waals surface area contributed by atoms with Crippen LogP contribution in [0, 0.1) is 0 Å². The minimum absolute atomic E-state index is 0.0890. The maximum atomic E-state index is 12.0. The third kappa shape index (κ3) is 1.71. The molecule has 1 aliphatic heterocycles. The van der Waals surface area contributed by atoms with E-state index in [4.69, 9.17) is 0 Å². The van der Waals surface area contributed by atoms with Gasteiger partial charge in [-0.1, -0.05) is 53.2 Å². The highest BCUT2D eigenvalue weighted by Gasteiger charge is 2.52. The number of hydroxylamine groups is 3. The van der Waals surface area contributed by atoms with Crippen molar-refractivity contribution < 1.29 is 19.4 Å². The second kappa shape index (κ2) is 4.60. The lowest BCUT2D eigenvalue weighted by Gasteiger charge is -2.24. The predicted molar refractivity (Wildman–Crippen MR) is 79.9 cm³/mol. The number of fused-ring (bicyclic) bond motifs is 3. The van der Waals surface area contributed by atoms with Gasteiger partial charge in [-0.15, -0.1) is 0 Å². The fraction of sp³-hybridized carbons (Fsp3) is 0.222. The van der Waals surface area contributed by atoms with Crippen LogP contribution in [0.1, 0.15) is 29.9 Å². The Morgan fingerprint density at radius 3 is 1.82 bits per heavy atom. The van der Waals surface area contributed by atoms with Crippen molar-refractivity contribution in [2.45, 2.75) is 18.8 Å². The summed E-state index contributed by atoms with van der Waals surface area (Å²) >= 11 is 0. The van der Waals surface area contributed by atoms with Gasteiger partial charge in [0.05, 0.1) is 18.8 Å². The van der Waals surface area contributed by atoms with Crippen molar-refractivity contribution in [3.8, 4) is 11.1 Å². The SMILES string of the molecule is O=C1CCC(=O)[N+]1(O)CC1c2ccccc2-c2ccccc21. The summed E-state index contributed by atoms with van der Waals surface area (Å²) < 4.78 is -1.06. The van der Waals surface area contributed by atoms with E-state index in [-0.39, 0.29) is 25.3 Å². The highest BCUT2D eigenvalue weighted by Crippen LogP contribution is 2.45. The molecule has 0 spiro atoms. The van der Waals surface area contributed by atoms with Gasteiger partial charge in [0.1, 0.15) is 6.54 Å². The summed E-state index contributed by atoms with van der Waals surface area (Å²) in [6.45, 7) is 0.0890. The number of carbonyl (C=O) groups is 2. The molecule has 4 heteroatoms. The normalized spacial score (nSPS) is 19.3. The summed E-state index contributed by atoms with van der Waals surface area (Å²) in [5, 5.41) is 10.6. The summed E-state index contributed by atoms with van der Waals surface area (Å²) in [5.74, 6) is -0.929. The number of imide groups is 1. The van der Waals surface area contributed by atoms with Crippen molar-refractivity contribution in [1.82, 2.24) is 0 Å². The van der Waals surface area contributed by atoms with Crippen molar-refractivity contribution in [3.05, 3.63) is 59.7 Å². The topological polar surface area (TPSA) is 54.4 Å². The van der Waals surface area contributed by atoms with Crippen LogP contribution in [0.15, 0.2) is 48.5 Å². The standard InChI is InChI=1S/C18H16NO3/c20-17-9-10-18(21)19(17,22)11-16-14-7-3-1-5-12(14)13-6-2-4-8-15(13)16/h1-8,16,22H,9-11H2/q+1. The van der Waals surface area contributed by atoms with Gasteiger partial charge in [0, 0.05) is 0 Å². The summed E-state index contributed by atoms with van der Waals surface area (Å²) in [6, 6.07) is 16.0. The zero-order valence-electron chi connectivity index (χ0n) is 12.0. The van der Waals surface area contributed by atoms with Gasteiger partial charge < -0.3 is 0 Å². The van der Waals surface area contributed by atoms with Crippen LogP contribution in [-0.4, -0.2) is 28.2 Å². The molecule has 110 valence electrons. The Balaban J connectivity index is 1.82. The lowest BCUT2D eigenvalue weighted by molar-refractivity contribution is -0.971. The molecule has 0 aromatic heterocycles. The van der Waals surface area contributed by atoms with Crippen LogP contribution < -0.4 is 0 Å². The van der Waals surface area contributed by atoms with Crippen LogP contribution in [0.4, 0.5) is 0 Å². The summed E-state index contributed by atoms with van der Waals surface area (Å²) in [5.41, 5.74) is 4.38. The second-order valence-corrected chi connectivity index (χ2v) is 5.97. The number of hydrogen-bond donors (Lipinski definition) is 1. The fourth-order valence-electron chi connectivity index (χ4n) is 3.65. The smallest absolute Gasteiger partial charge is 0.227 e. The molecule has 1 heterocycles. The number of nitrogens with zero attached hydrogens (tertiary/aromatic N) is 1. The maximum Gasteiger partial charge on any atom is 0.353 e. The fourth-order valence-corrected chi connectivity index (χ4v) is 3.65. The zero-order chi connectivity index (χ0) is 15.3. The maximum absolute atomic E-state index is 12.0. The average molecular weight is 294 g/mol. The Morgan fingerprint density at radius 1 is 0.864 bits per heavy atom. The molecule has 0 radical (unpaired) electrons. The predicted octanol–water partition coefficient (Wildman–Crippen LogP) is 2.85. The van der Waals surface area contributed by atoms with Gasteiger partial charge in [-0.2, -0.15) is 0 Å². The van der Waals surface area contributed by atoms with E-state index in [2.05, 4.69) is 0 Å². The van der Waals surface area contributed by atoms with Gasteiger partial charge in [0.15, 0.2) is 0 Å². The zero-order valence-corrected chi connectivity index (χ0v) is 12.0. The van der Waals surface area contributed by atoms with Gasteiger partial charge in [-0.3, -0.25) is 0 Å². The molecule has 2 aliphatic rings. The van der Waals surface area contributed by atoms with Crippen LogP contribution in [0.5, 0.6) is 0 Å². The van der Waals surface area contributed by atoms with E-state index in [0.29, 0.717) is 0 Å². The molecule has 4 nitrogen and oxygen atoms in total. The van der Waals surface area contributed by atoms with E-state index in [0.717, 1.165) is 22.3 Å². The molecule has 0 saturated carbocycles. The number of benzene rings is 2. The van der Waals surface area contributed by atoms with Crippen molar-refractivity contribution in [2.75, 3.05) is 6.54 Å². The molecule has 0 unspecified atom stereocenters. The lowest BCUT2D eigenvalue weighted by atomic mass is 9.96. The Kier molecular flexibility index (Phi) is 2.79. The van der Waals surface area contributed by atoms with E-state index in [1.165, 1.54) is 0 Å². The molecule has 2 aromatic rings. The van der Waals surface area contributed by atoms with Crippen molar-refractivity contribution in [2.24, 2.45) is 0 Å². The minimum atomic E-state index is -1.06. The van der Waals surface area contributed by atoms with E-state index in [1.54, 1.807) is 0 Å². The Labute approximate surface area is 128 Å². The van der Waals surface area contributed by atoms with Gasteiger partial charge in [-0.05, 0) is 22.3 Å². The molecule has 0 bridgehead atoms. The summed E-state index contributed by atoms with van der Waals surface area (Å²) in [7, 11) is 0. The van der Waals surface area contributed by atoms with Crippen molar-refractivity contribution in [3.63, 3.8) is 0 Å². The minimum Gasteiger partial charge on any atom is -0.227 e. The number of rotatable bonds is 2. The van der Waals surface area contributed by atoms with Gasteiger partial charge in [0.25, 0.3) is 0 Å². The first-order chi connectivity index (χ1) is 10.6. The number of likely N-dealkylation sites (tertiary alicyclic amines) is 1. The molecule has 2 aromatic carbocycles. The molecule has 1 N–H and O–H groups in total. The lowest BCUT2D eigenvalue weighted by Crippen LogP contribution is -2.51. The third-order valence-electron chi connectivity index (χ3n) is 4.79. The van der Waals surface area contributed by atoms with Crippen LogP contribution in [0.25, 0.3) is 11.1 Å². The summed E-state index contributed by atoms with van der Waals surface area (Å²) in [4.78, 5) is 24.0. The summed E-state index contributed by atoms with van der Waals surface area (Å²) in [6.07, 6.45) is 0.261. The van der Waals surface area contributed by atoms with E-state index in [1.807, 2.05) is 48.5 Å². The highest BCUT2D eigenvalue weighted by atomic mass is 16.6. The second-order valence-electron chi connectivity index (χ2n) is 5.97. The van der Waals surface area contributed by atoms with E-state index < -0.39 is 16.5 Å². The van der Waals surface area contributed by atoms with Crippen LogP contribution >= 0.6 is 0 Å². The van der Waals surface area contributed by atoms with Crippen molar-refractivity contribution >= 4 is 11.8 Å². The van der Waals surface area contributed by atoms with E-state index in [9.17, 15) is 14.8 Å². The first-order valence-corrected chi connectivity index (χ1v) is 7.47. The molecule has 1 saturated heterocycles. The van der Waals surface area contributed by atoms with E-state index >= 15 is 0 Å². The largest absolute Gasteiger partial charge is 0.353 e. The number of carbonyl (C=O) groups excluding carboxylic acids is 2. The highest BCUT2D eigenvalue weighted by molar-refractivity contribution is 5.91. The van der Waals surface area contributed by atoms with Gasteiger partial charge in [-0.25, -0.2) is 14.8 Å².